The molecule has 0 fully saturated rings. The van der Waals surface area contributed by atoms with Gasteiger partial charge in [0.1, 0.15) is 0 Å². The number of hydrogen-bond acceptors (Lipinski definition) is 2. The summed E-state index contributed by atoms with van der Waals surface area (Å²) < 4.78 is 0. The molecule has 0 bridgehead atoms. The molecule has 116 valence electrons. The smallest absolute Gasteiger partial charge is 0.240 e. The summed E-state index contributed by atoms with van der Waals surface area (Å²) in [6, 6.07) is 8.16. The summed E-state index contributed by atoms with van der Waals surface area (Å²) in [6.45, 7) is 7.90. The predicted octanol–water partition coefficient (Wildman–Crippen LogP) is 2.30. The molecule has 0 heterocycles. The highest BCUT2D eigenvalue weighted by Crippen LogP contribution is 2.07. The van der Waals surface area contributed by atoms with Gasteiger partial charge in [0.15, 0.2) is 0 Å². The Hall–Kier alpha value is -1.84. The Morgan fingerprint density at radius 1 is 1.14 bits per heavy atom. The quantitative estimate of drug-likeness (QED) is 0.904. The number of nitrogens with one attached hydrogen (secondary N) is 1. The van der Waals surface area contributed by atoms with E-state index >= 15 is 0 Å². The molecule has 2 amide bonds. The normalized spacial score (nSPS) is 11.1. The Morgan fingerprint density at radius 2 is 1.71 bits per heavy atom. The van der Waals surface area contributed by atoms with Gasteiger partial charge in [-0.25, -0.2) is 0 Å². The molecule has 1 aromatic rings. The van der Waals surface area contributed by atoms with E-state index in [1.807, 2.05) is 52.0 Å². The van der Waals surface area contributed by atoms with Crippen molar-refractivity contribution in [1.82, 2.24) is 10.2 Å². The van der Waals surface area contributed by atoms with E-state index in [0.29, 0.717) is 12.8 Å². The fraction of sp³-hybridized carbons (Fsp3) is 0.529. The third-order valence-corrected chi connectivity index (χ3v) is 3.07. The number of hydrogen-bond donors (Lipinski definition) is 1. The Bertz CT molecular complexity index is 487. The fourth-order valence-electron chi connectivity index (χ4n) is 1.96. The largest absolute Gasteiger partial charge is 0.350 e. The van der Waals surface area contributed by atoms with Gasteiger partial charge in [-0.2, -0.15) is 0 Å². The first kappa shape index (κ1) is 17.2. The molecule has 1 rings (SSSR count). The van der Waals surface area contributed by atoms with Gasteiger partial charge in [-0.15, -0.1) is 0 Å². The number of nitrogens with zero attached hydrogens (tertiary/aromatic N) is 1. The summed E-state index contributed by atoms with van der Waals surface area (Å²) in [4.78, 5) is 25.3. The fourth-order valence-corrected chi connectivity index (χ4v) is 1.96. The van der Waals surface area contributed by atoms with Crippen LogP contribution in [0.25, 0.3) is 0 Å². The van der Waals surface area contributed by atoms with E-state index in [1.165, 1.54) is 10.5 Å². The number of likely N-dealkylation sites (N-methyl/N-ethyl adjacent to an activating group) is 1. The van der Waals surface area contributed by atoms with E-state index in [1.54, 1.807) is 7.05 Å². The van der Waals surface area contributed by atoms with Crippen LogP contribution in [0, 0.1) is 6.92 Å². The molecule has 0 aromatic heterocycles. The third-order valence-electron chi connectivity index (χ3n) is 3.07. The summed E-state index contributed by atoms with van der Waals surface area (Å²) >= 11 is 0. The third kappa shape index (κ3) is 6.93. The van der Waals surface area contributed by atoms with Crippen LogP contribution < -0.4 is 5.32 Å². The minimum atomic E-state index is -0.275. The van der Waals surface area contributed by atoms with E-state index in [0.717, 1.165) is 5.56 Å². The Labute approximate surface area is 127 Å². The Morgan fingerprint density at radius 3 is 2.24 bits per heavy atom. The molecule has 0 atom stereocenters. The van der Waals surface area contributed by atoms with Gasteiger partial charge in [-0.1, -0.05) is 29.8 Å². The zero-order valence-electron chi connectivity index (χ0n) is 13.7. The van der Waals surface area contributed by atoms with Gasteiger partial charge >= 0.3 is 0 Å². The molecule has 1 aromatic carbocycles. The zero-order valence-corrected chi connectivity index (χ0v) is 13.7. The number of carbonyl (C=O) groups excluding carboxylic acids is 2. The summed E-state index contributed by atoms with van der Waals surface area (Å²) in [7, 11) is 1.67. The monoisotopic (exact) mass is 290 g/mol. The first-order valence-corrected chi connectivity index (χ1v) is 7.28. The van der Waals surface area contributed by atoms with Crippen LogP contribution in [0.3, 0.4) is 0 Å². The van der Waals surface area contributed by atoms with E-state index < -0.39 is 0 Å². The van der Waals surface area contributed by atoms with Crippen LogP contribution in [0.1, 0.15) is 38.3 Å². The maximum absolute atomic E-state index is 12.0. The van der Waals surface area contributed by atoms with Crippen molar-refractivity contribution in [1.29, 1.82) is 0 Å². The van der Waals surface area contributed by atoms with Gasteiger partial charge in [-0.05, 0) is 39.7 Å². The summed E-state index contributed by atoms with van der Waals surface area (Å²) in [5, 5.41) is 2.85. The summed E-state index contributed by atoms with van der Waals surface area (Å²) in [5.41, 5.74) is 2.07. The molecule has 4 heteroatoms. The molecule has 0 aliphatic carbocycles. The molecule has 0 spiro atoms. The average Bonchev–Trinajstić information content (AvgIpc) is 2.35. The highest BCUT2D eigenvalue weighted by atomic mass is 16.2. The van der Waals surface area contributed by atoms with Crippen LogP contribution in [0.2, 0.25) is 0 Å². The molecular weight excluding hydrogens is 264 g/mol. The maximum Gasteiger partial charge on any atom is 0.240 e. The molecule has 0 saturated heterocycles. The van der Waals surface area contributed by atoms with E-state index in [-0.39, 0.29) is 23.9 Å². The molecule has 0 aliphatic heterocycles. The highest BCUT2D eigenvalue weighted by molar-refractivity contribution is 5.85. The van der Waals surface area contributed by atoms with Crippen molar-refractivity contribution in [3.63, 3.8) is 0 Å². The van der Waals surface area contributed by atoms with Gasteiger partial charge in [-0.3, -0.25) is 9.59 Å². The first-order valence-electron chi connectivity index (χ1n) is 7.28. The summed E-state index contributed by atoms with van der Waals surface area (Å²) in [6.07, 6.45) is 1.12. The van der Waals surface area contributed by atoms with Crippen LogP contribution in [0.4, 0.5) is 0 Å². The number of aryl methyl sites for hydroxylation is 2. The molecule has 0 radical (unpaired) electrons. The first-order chi connectivity index (χ1) is 9.67. The van der Waals surface area contributed by atoms with Crippen molar-refractivity contribution >= 4 is 11.8 Å². The Kier molecular flexibility index (Phi) is 5.94. The average molecular weight is 290 g/mol. The zero-order chi connectivity index (χ0) is 16.0. The number of carbonyl (C=O) groups is 2. The topological polar surface area (TPSA) is 49.4 Å². The van der Waals surface area contributed by atoms with Gasteiger partial charge in [0.2, 0.25) is 11.8 Å². The van der Waals surface area contributed by atoms with E-state index in [2.05, 4.69) is 5.32 Å². The molecule has 0 unspecified atom stereocenters. The summed E-state index contributed by atoms with van der Waals surface area (Å²) in [5.74, 6) is -0.145. The van der Waals surface area contributed by atoms with Crippen LogP contribution in [0.15, 0.2) is 24.3 Å². The van der Waals surface area contributed by atoms with Crippen molar-refractivity contribution in [3.8, 4) is 0 Å². The molecule has 0 aliphatic rings. The lowest BCUT2D eigenvalue weighted by Gasteiger charge is -2.23. The SMILES string of the molecule is Cc1ccc(CCC(=O)N(C)CC(=O)NC(C)(C)C)cc1. The van der Waals surface area contributed by atoms with Gasteiger partial charge in [0.05, 0.1) is 6.54 Å². The van der Waals surface area contributed by atoms with Crippen LogP contribution in [0.5, 0.6) is 0 Å². The minimum Gasteiger partial charge on any atom is -0.350 e. The van der Waals surface area contributed by atoms with Crippen molar-refractivity contribution in [2.45, 2.75) is 46.1 Å². The second-order valence-electron chi connectivity index (χ2n) is 6.53. The van der Waals surface area contributed by atoms with Crippen LogP contribution in [-0.4, -0.2) is 35.8 Å². The second-order valence-corrected chi connectivity index (χ2v) is 6.53. The molecule has 4 nitrogen and oxygen atoms in total. The van der Waals surface area contributed by atoms with Crippen LogP contribution >= 0.6 is 0 Å². The van der Waals surface area contributed by atoms with E-state index in [4.69, 9.17) is 0 Å². The van der Waals surface area contributed by atoms with Crippen molar-refractivity contribution in [2.24, 2.45) is 0 Å². The second kappa shape index (κ2) is 7.25. The number of benzene rings is 1. The Balaban J connectivity index is 2.40. The molecule has 1 N–H and O–H groups in total. The highest BCUT2D eigenvalue weighted by Gasteiger charge is 2.17. The molecular formula is C17H26N2O2. The van der Waals surface area contributed by atoms with Crippen molar-refractivity contribution in [2.75, 3.05) is 13.6 Å². The van der Waals surface area contributed by atoms with Gasteiger partial charge < -0.3 is 10.2 Å². The van der Waals surface area contributed by atoms with Crippen LogP contribution in [-0.2, 0) is 16.0 Å². The molecule has 0 saturated carbocycles. The van der Waals surface area contributed by atoms with E-state index in [9.17, 15) is 9.59 Å². The minimum absolute atomic E-state index is 0.0142. The predicted molar refractivity (Wildman–Crippen MR) is 85.0 cm³/mol. The van der Waals surface area contributed by atoms with Crippen molar-refractivity contribution in [3.05, 3.63) is 35.4 Å². The van der Waals surface area contributed by atoms with Gasteiger partial charge in [0.25, 0.3) is 0 Å². The number of amides is 2. The van der Waals surface area contributed by atoms with Gasteiger partial charge in [0, 0.05) is 19.0 Å². The molecule has 21 heavy (non-hydrogen) atoms. The number of rotatable bonds is 5. The lowest BCUT2D eigenvalue weighted by molar-refractivity contribution is -0.135. The lowest BCUT2D eigenvalue weighted by Crippen LogP contribution is -2.46. The van der Waals surface area contributed by atoms with Crippen molar-refractivity contribution < 1.29 is 9.59 Å². The maximum atomic E-state index is 12.0. The lowest BCUT2D eigenvalue weighted by atomic mass is 10.1. The standard InChI is InChI=1S/C17H26N2O2/c1-13-6-8-14(9-7-13)10-11-16(21)19(5)12-15(20)18-17(2,3)4/h6-9H,10-12H2,1-5H3,(H,18,20).